The number of anilines is 3. The Balaban J connectivity index is 1.29. The van der Waals surface area contributed by atoms with Gasteiger partial charge in [-0.1, -0.05) is 49.7 Å². The van der Waals surface area contributed by atoms with Crippen molar-refractivity contribution in [3.63, 3.8) is 0 Å². The van der Waals surface area contributed by atoms with E-state index in [1.807, 2.05) is 0 Å². The first-order valence-electron chi connectivity index (χ1n) is 15.0. The van der Waals surface area contributed by atoms with E-state index < -0.39 is 47.7 Å². The second-order valence-electron chi connectivity index (χ2n) is 11.7. The van der Waals surface area contributed by atoms with Gasteiger partial charge < -0.3 is 31.3 Å². The molecule has 17 heteroatoms. The van der Waals surface area contributed by atoms with Crippen molar-refractivity contribution in [3.05, 3.63) is 100 Å². The molecule has 0 saturated heterocycles. The molecule has 0 aliphatic carbocycles. The van der Waals surface area contributed by atoms with Crippen LogP contribution in [0.1, 0.15) is 35.3 Å². The van der Waals surface area contributed by atoms with Gasteiger partial charge in [-0.25, -0.2) is 9.37 Å². The lowest BCUT2D eigenvalue weighted by molar-refractivity contribution is -0.154. The summed E-state index contributed by atoms with van der Waals surface area (Å²) in [4.78, 5) is 49.4. The fourth-order valence-corrected chi connectivity index (χ4v) is 4.19. The summed E-state index contributed by atoms with van der Waals surface area (Å²) in [6, 6.07) is 16.3. The fourth-order valence-electron chi connectivity index (χ4n) is 4.07. The van der Waals surface area contributed by atoms with Crippen LogP contribution in [0.4, 0.5) is 35.0 Å². The quantitative estimate of drug-likeness (QED) is 0.0879. The second kappa shape index (κ2) is 16.7. The Morgan fingerprint density at radius 2 is 1.40 bits per heavy atom. The van der Waals surface area contributed by atoms with Gasteiger partial charge in [0.1, 0.15) is 23.3 Å². The second-order valence-corrected chi connectivity index (χ2v) is 12.1. The smallest absolute Gasteiger partial charge is 0.422 e. The summed E-state index contributed by atoms with van der Waals surface area (Å²) in [6.07, 6.45) is -3.31. The van der Waals surface area contributed by atoms with Crippen LogP contribution in [0, 0.1) is 11.2 Å². The molecule has 0 fully saturated rings. The van der Waals surface area contributed by atoms with Gasteiger partial charge in [-0.05, 0) is 52.9 Å². The third-order valence-electron chi connectivity index (χ3n) is 6.77. The number of hydrogen-bond donors (Lipinski definition) is 5. The molecule has 3 amide bonds. The van der Waals surface area contributed by atoms with E-state index in [1.165, 1.54) is 48.7 Å². The van der Waals surface area contributed by atoms with Gasteiger partial charge in [-0.2, -0.15) is 23.1 Å². The van der Waals surface area contributed by atoms with Gasteiger partial charge in [0.25, 0.3) is 5.91 Å². The van der Waals surface area contributed by atoms with Gasteiger partial charge in [-0.3, -0.25) is 14.4 Å². The third-order valence-corrected chi connectivity index (χ3v) is 7.02. The van der Waals surface area contributed by atoms with E-state index in [9.17, 15) is 31.9 Å². The van der Waals surface area contributed by atoms with Crippen LogP contribution in [0.5, 0.6) is 6.01 Å². The number of benzene rings is 2. The van der Waals surface area contributed by atoms with Crippen molar-refractivity contribution in [2.45, 2.75) is 33.1 Å². The van der Waals surface area contributed by atoms with Gasteiger partial charge in [0.05, 0.1) is 5.56 Å². The summed E-state index contributed by atoms with van der Waals surface area (Å²) in [7, 11) is 0. The summed E-state index contributed by atoms with van der Waals surface area (Å²) in [5, 5.41) is 14.2. The Hall–Kier alpha value is -5.51. The molecule has 0 saturated carbocycles. The molecule has 5 N–H and O–H groups in total. The lowest BCUT2D eigenvalue weighted by Crippen LogP contribution is -2.46. The largest absolute Gasteiger partial charge is 0.454 e. The average molecular weight is 717 g/mol. The maximum absolute atomic E-state index is 13.0. The number of rotatable bonds is 14. The molecule has 0 radical (unpaired) electrons. The number of ether oxygens (including phenoxy) is 1. The normalized spacial score (nSPS) is 11.3. The maximum Gasteiger partial charge on any atom is 0.422 e. The molecule has 0 spiro atoms. The van der Waals surface area contributed by atoms with Crippen LogP contribution in [0.2, 0.25) is 5.02 Å². The van der Waals surface area contributed by atoms with Crippen LogP contribution in [0.3, 0.4) is 0 Å². The number of alkyl halides is 3. The molecule has 50 heavy (non-hydrogen) atoms. The molecule has 4 aromatic rings. The number of pyridine rings is 1. The Kier molecular flexibility index (Phi) is 12.5. The number of carbonyl (C=O) groups excluding carboxylic acids is 3. The van der Waals surface area contributed by atoms with Crippen molar-refractivity contribution >= 4 is 46.8 Å². The molecule has 0 bridgehead atoms. The highest BCUT2D eigenvalue weighted by Crippen LogP contribution is 2.23. The van der Waals surface area contributed by atoms with Crippen molar-refractivity contribution in [2.24, 2.45) is 5.41 Å². The number of aromatic nitrogens is 3. The highest BCUT2D eigenvalue weighted by atomic mass is 35.5. The summed E-state index contributed by atoms with van der Waals surface area (Å²) in [5.74, 6) is -2.10. The van der Waals surface area contributed by atoms with Gasteiger partial charge in [-0.15, -0.1) is 0 Å². The zero-order valence-electron chi connectivity index (χ0n) is 26.8. The summed E-state index contributed by atoms with van der Waals surface area (Å²) >= 11 is 5.92. The number of hydrogen-bond acceptors (Lipinski definition) is 9. The topological polar surface area (TPSA) is 159 Å². The minimum Gasteiger partial charge on any atom is -0.454 e. The summed E-state index contributed by atoms with van der Waals surface area (Å²) in [5.41, 5.74) is 1.03. The van der Waals surface area contributed by atoms with Crippen molar-refractivity contribution in [1.82, 2.24) is 30.9 Å². The highest BCUT2D eigenvalue weighted by molar-refractivity contribution is 6.35. The first-order chi connectivity index (χ1) is 23.6. The van der Waals surface area contributed by atoms with E-state index in [-0.39, 0.29) is 49.2 Å². The standard InChI is InChI=1S/C33H33ClF4N8O4/c1-32(2,18-43-30(49)29(48)41-15-21-5-10-24(35)11-6-21)17-42-28(47)22-7-12-25(40-16-22)44-27-13-26(39-14-20-3-8-23(34)9-4-20)45-31(46-27)50-19-33(36,37)38/h3-13,16H,14-15,17-19H2,1-2H3,(H,41,48)(H,42,47)(H,43,49)(H2,39,40,44,45,46). The van der Waals surface area contributed by atoms with Gasteiger partial charge in [0.15, 0.2) is 6.61 Å². The predicted molar refractivity (Wildman–Crippen MR) is 177 cm³/mol. The first kappa shape index (κ1) is 37.3. The van der Waals surface area contributed by atoms with Crippen LogP contribution < -0.4 is 31.3 Å². The first-order valence-corrected chi connectivity index (χ1v) is 15.4. The Bertz CT molecular complexity index is 1770. The van der Waals surface area contributed by atoms with Crippen LogP contribution in [0.25, 0.3) is 0 Å². The SMILES string of the molecule is CC(C)(CNC(=O)C(=O)NCc1ccc(F)cc1)CNC(=O)c1ccc(Nc2cc(NCc3ccc(Cl)cc3)nc(OCC(F)(F)F)n2)nc1. The molecule has 2 aromatic carbocycles. The Labute approximate surface area is 289 Å². The molecule has 0 aliphatic rings. The maximum atomic E-state index is 13.0. The van der Waals surface area contributed by atoms with Crippen molar-refractivity contribution in [1.29, 1.82) is 0 Å². The van der Waals surface area contributed by atoms with E-state index in [2.05, 4.69) is 41.5 Å². The van der Waals surface area contributed by atoms with Crippen molar-refractivity contribution < 1.29 is 36.7 Å². The number of nitrogens with zero attached hydrogens (tertiary/aromatic N) is 3. The molecule has 2 heterocycles. The van der Waals surface area contributed by atoms with E-state index in [0.717, 1.165) is 5.56 Å². The van der Waals surface area contributed by atoms with E-state index in [4.69, 9.17) is 16.3 Å². The van der Waals surface area contributed by atoms with Gasteiger partial charge in [0.2, 0.25) is 0 Å². The minimum absolute atomic E-state index is 0.0498. The Morgan fingerprint density at radius 1 is 0.780 bits per heavy atom. The summed E-state index contributed by atoms with van der Waals surface area (Å²) in [6.45, 7) is 2.51. The highest BCUT2D eigenvalue weighted by Gasteiger charge is 2.29. The molecule has 2 aromatic heterocycles. The number of amides is 3. The molecule has 0 unspecified atom stereocenters. The number of carbonyl (C=O) groups is 3. The Morgan fingerprint density at radius 3 is 2.06 bits per heavy atom. The van der Waals surface area contributed by atoms with Gasteiger partial charge >= 0.3 is 24.0 Å². The number of nitrogens with one attached hydrogen (secondary N) is 5. The third kappa shape index (κ3) is 12.5. The fraction of sp³-hybridized carbons (Fsp3) is 0.273. The average Bonchev–Trinajstić information content (AvgIpc) is 3.08. The molecule has 0 atom stereocenters. The van der Waals surface area contributed by atoms with Crippen molar-refractivity contribution in [2.75, 3.05) is 30.3 Å². The zero-order valence-corrected chi connectivity index (χ0v) is 27.6. The van der Waals surface area contributed by atoms with Crippen LogP contribution in [0.15, 0.2) is 72.9 Å². The van der Waals surface area contributed by atoms with E-state index in [1.54, 1.807) is 38.1 Å². The molecular weight excluding hydrogens is 684 g/mol. The van der Waals surface area contributed by atoms with E-state index in [0.29, 0.717) is 10.6 Å². The van der Waals surface area contributed by atoms with Crippen molar-refractivity contribution in [3.8, 4) is 6.01 Å². The molecule has 12 nitrogen and oxygen atoms in total. The lowest BCUT2D eigenvalue weighted by atomic mass is 9.93. The zero-order chi connectivity index (χ0) is 36.3. The predicted octanol–water partition coefficient (Wildman–Crippen LogP) is 5.15. The van der Waals surface area contributed by atoms with Crippen LogP contribution in [-0.2, 0) is 22.7 Å². The van der Waals surface area contributed by atoms with Crippen LogP contribution >= 0.6 is 11.6 Å². The monoisotopic (exact) mass is 716 g/mol. The lowest BCUT2D eigenvalue weighted by Gasteiger charge is -2.25. The summed E-state index contributed by atoms with van der Waals surface area (Å²) < 4.78 is 56.2. The van der Waals surface area contributed by atoms with Crippen LogP contribution in [-0.4, -0.2) is 58.5 Å². The molecule has 0 aliphatic heterocycles. The number of halogens is 5. The molecular formula is C33H33ClF4N8O4. The van der Waals surface area contributed by atoms with E-state index >= 15 is 0 Å². The molecule has 264 valence electrons. The molecule has 4 rings (SSSR count). The van der Waals surface area contributed by atoms with Gasteiger partial charge in [0, 0.05) is 43.5 Å². The minimum atomic E-state index is -4.60.